The molecule has 1 aliphatic carbocycles. The van der Waals surface area contributed by atoms with Crippen LogP contribution < -0.4 is 10.5 Å². The summed E-state index contributed by atoms with van der Waals surface area (Å²) in [4.78, 5) is 11.1. The van der Waals surface area contributed by atoms with Crippen LogP contribution in [0.4, 0.5) is 0 Å². The lowest BCUT2D eigenvalue weighted by Gasteiger charge is -2.27. The minimum absolute atomic E-state index is 0.0437. The zero-order valence-electron chi connectivity index (χ0n) is 13.7. The summed E-state index contributed by atoms with van der Waals surface area (Å²) >= 11 is 0. The molecule has 1 aromatic carbocycles. The molecule has 1 aliphatic rings. The zero-order valence-corrected chi connectivity index (χ0v) is 13.7. The molecule has 6 heteroatoms. The molecular weight excluding hydrogens is 308 g/mol. The van der Waals surface area contributed by atoms with Crippen LogP contribution in [0.15, 0.2) is 28.8 Å². The van der Waals surface area contributed by atoms with Gasteiger partial charge in [-0.15, -0.1) is 0 Å². The molecule has 6 nitrogen and oxygen atoms in total. The molecule has 24 heavy (non-hydrogen) atoms. The summed E-state index contributed by atoms with van der Waals surface area (Å²) in [5, 5.41) is 13.1. The highest BCUT2D eigenvalue weighted by atomic mass is 16.5. The predicted molar refractivity (Wildman–Crippen MR) is 88.6 cm³/mol. The third kappa shape index (κ3) is 3.43. The third-order valence-corrected chi connectivity index (χ3v) is 4.58. The Labute approximate surface area is 140 Å². The van der Waals surface area contributed by atoms with Gasteiger partial charge in [-0.1, -0.05) is 5.16 Å². The van der Waals surface area contributed by atoms with Crippen LogP contribution in [0.1, 0.15) is 36.9 Å². The second kappa shape index (κ2) is 7.05. The number of nitrogens with two attached hydrogens (primary N) is 1. The van der Waals surface area contributed by atoms with Gasteiger partial charge in [0, 0.05) is 17.7 Å². The number of hydrogen-bond acceptors (Lipinski definition) is 5. The molecule has 0 saturated heterocycles. The standard InChI is InChI=1S/C18H22N2O4/c1-11-16(10-19)17(24-20-11)12-5-7-14(8-6-12)23-15-4-2-3-13(9-15)18(21)22/h5-8,13,15H,2-4,9-10,19H2,1H3,(H,21,22)/t13-,15-/m1/s1. The molecule has 0 radical (unpaired) electrons. The number of ether oxygens (including phenoxy) is 1. The van der Waals surface area contributed by atoms with E-state index in [2.05, 4.69) is 5.16 Å². The third-order valence-electron chi connectivity index (χ3n) is 4.58. The van der Waals surface area contributed by atoms with Gasteiger partial charge in [0.1, 0.15) is 5.75 Å². The molecule has 0 bridgehead atoms. The molecule has 0 aliphatic heterocycles. The maximum atomic E-state index is 11.1. The zero-order chi connectivity index (χ0) is 17.1. The normalized spacial score (nSPS) is 20.8. The van der Waals surface area contributed by atoms with Crippen molar-refractivity contribution >= 4 is 5.97 Å². The molecule has 2 atom stereocenters. The summed E-state index contributed by atoms with van der Waals surface area (Å²) < 4.78 is 11.3. The number of benzene rings is 1. The summed E-state index contributed by atoms with van der Waals surface area (Å²) in [6.45, 7) is 2.25. The Morgan fingerprint density at radius 1 is 1.38 bits per heavy atom. The van der Waals surface area contributed by atoms with E-state index in [1.54, 1.807) is 0 Å². The molecule has 3 N–H and O–H groups in total. The van der Waals surface area contributed by atoms with Crippen LogP contribution in [-0.2, 0) is 11.3 Å². The van der Waals surface area contributed by atoms with Gasteiger partial charge in [-0.3, -0.25) is 4.79 Å². The van der Waals surface area contributed by atoms with Gasteiger partial charge in [-0.05, 0) is 56.9 Å². The van der Waals surface area contributed by atoms with Crippen molar-refractivity contribution in [2.45, 2.75) is 45.3 Å². The lowest BCUT2D eigenvalue weighted by molar-refractivity contribution is -0.143. The molecule has 0 unspecified atom stereocenters. The van der Waals surface area contributed by atoms with Crippen LogP contribution >= 0.6 is 0 Å². The average Bonchev–Trinajstić information content (AvgIpc) is 2.96. The fraction of sp³-hybridized carbons (Fsp3) is 0.444. The van der Waals surface area contributed by atoms with Gasteiger partial charge in [0.15, 0.2) is 5.76 Å². The minimum Gasteiger partial charge on any atom is -0.490 e. The van der Waals surface area contributed by atoms with Crippen molar-refractivity contribution in [2.24, 2.45) is 11.7 Å². The number of hydrogen-bond donors (Lipinski definition) is 2. The minimum atomic E-state index is -0.728. The van der Waals surface area contributed by atoms with Crippen LogP contribution in [-0.4, -0.2) is 22.3 Å². The van der Waals surface area contributed by atoms with E-state index >= 15 is 0 Å². The molecule has 1 fully saturated rings. The fourth-order valence-electron chi connectivity index (χ4n) is 3.21. The highest BCUT2D eigenvalue weighted by molar-refractivity contribution is 5.70. The lowest BCUT2D eigenvalue weighted by atomic mass is 9.87. The monoisotopic (exact) mass is 330 g/mol. The highest BCUT2D eigenvalue weighted by Gasteiger charge is 2.28. The number of aromatic nitrogens is 1. The Hall–Kier alpha value is -2.34. The Morgan fingerprint density at radius 2 is 2.12 bits per heavy atom. The van der Waals surface area contributed by atoms with E-state index in [1.165, 1.54) is 0 Å². The quantitative estimate of drug-likeness (QED) is 0.874. The smallest absolute Gasteiger partial charge is 0.306 e. The molecular formula is C18H22N2O4. The molecule has 3 rings (SSSR count). The summed E-state index contributed by atoms with van der Waals surface area (Å²) in [6.07, 6.45) is 3.04. The van der Waals surface area contributed by atoms with Gasteiger partial charge in [-0.25, -0.2) is 0 Å². The van der Waals surface area contributed by atoms with Crippen molar-refractivity contribution in [2.75, 3.05) is 0 Å². The Morgan fingerprint density at radius 3 is 2.79 bits per heavy atom. The van der Waals surface area contributed by atoms with E-state index in [4.69, 9.17) is 20.1 Å². The van der Waals surface area contributed by atoms with Crippen LogP contribution in [0.5, 0.6) is 5.75 Å². The molecule has 2 aromatic rings. The van der Waals surface area contributed by atoms with Crippen LogP contribution in [0, 0.1) is 12.8 Å². The second-order valence-corrected chi connectivity index (χ2v) is 6.25. The topological polar surface area (TPSA) is 98.6 Å². The number of aryl methyl sites for hydroxylation is 1. The van der Waals surface area contributed by atoms with Crippen molar-refractivity contribution in [1.82, 2.24) is 5.16 Å². The number of aliphatic carboxylic acids is 1. The van der Waals surface area contributed by atoms with E-state index in [1.807, 2.05) is 31.2 Å². The fourth-order valence-corrected chi connectivity index (χ4v) is 3.21. The van der Waals surface area contributed by atoms with Gasteiger partial charge in [-0.2, -0.15) is 0 Å². The molecule has 0 amide bonds. The Bertz CT molecular complexity index is 708. The Kier molecular flexibility index (Phi) is 4.85. The predicted octanol–water partition coefficient (Wildman–Crippen LogP) is 3.13. The van der Waals surface area contributed by atoms with E-state index in [0.29, 0.717) is 18.7 Å². The maximum Gasteiger partial charge on any atom is 0.306 e. The first kappa shape index (κ1) is 16.5. The SMILES string of the molecule is Cc1noc(-c2ccc(O[C@@H]3CCC[C@@H](C(=O)O)C3)cc2)c1CN. The molecule has 1 saturated carbocycles. The van der Waals surface area contributed by atoms with Crippen molar-refractivity contribution in [1.29, 1.82) is 0 Å². The summed E-state index contributed by atoms with van der Waals surface area (Å²) in [5.74, 6) is 0.395. The van der Waals surface area contributed by atoms with Crippen molar-refractivity contribution in [3.8, 4) is 17.1 Å². The van der Waals surface area contributed by atoms with Crippen LogP contribution in [0.25, 0.3) is 11.3 Å². The number of nitrogens with zero attached hydrogens (tertiary/aromatic N) is 1. The average molecular weight is 330 g/mol. The first-order chi connectivity index (χ1) is 11.6. The number of carboxylic acid groups (broad SMARTS) is 1. The van der Waals surface area contributed by atoms with Crippen molar-refractivity contribution in [3.05, 3.63) is 35.5 Å². The van der Waals surface area contributed by atoms with E-state index in [9.17, 15) is 4.79 Å². The summed E-state index contributed by atoms with van der Waals surface area (Å²) in [6, 6.07) is 7.56. The number of rotatable bonds is 5. The molecule has 1 heterocycles. The van der Waals surface area contributed by atoms with E-state index in [-0.39, 0.29) is 12.0 Å². The van der Waals surface area contributed by atoms with Gasteiger partial charge in [0.05, 0.1) is 17.7 Å². The summed E-state index contributed by atoms with van der Waals surface area (Å²) in [5.41, 5.74) is 8.35. The van der Waals surface area contributed by atoms with E-state index in [0.717, 1.165) is 41.8 Å². The van der Waals surface area contributed by atoms with Crippen molar-refractivity contribution < 1.29 is 19.2 Å². The van der Waals surface area contributed by atoms with Crippen LogP contribution in [0.3, 0.4) is 0 Å². The molecule has 1 aromatic heterocycles. The molecule has 0 spiro atoms. The first-order valence-corrected chi connectivity index (χ1v) is 8.23. The van der Waals surface area contributed by atoms with Crippen molar-refractivity contribution in [3.63, 3.8) is 0 Å². The van der Waals surface area contributed by atoms with E-state index < -0.39 is 5.97 Å². The van der Waals surface area contributed by atoms with Gasteiger partial charge < -0.3 is 20.1 Å². The summed E-state index contributed by atoms with van der Waals surface area (Å²) in [7, 11) is 0. The number of carbonyl (C=O) groups is 1. The van der Waals surface area contributed by atoms with Gasteiger partial charge in [0.2, 0.25) is 0 Å². The second-order valence-electron chi connectivity index (χ2n) is 6.25. The molecule has 128 valence electrons. The van der Waals surface area contributed by atoms with Gasteiger partial charge in [0.25, 0.3) is 0 Å². The van der Waals surface area contributed by atoms with Crippen LogP contribution in [0.2, 0.25) is 0 Å². The lowest BCUT2D eigenvalue weighted by Crippen LogP contribution is -2.29. The van der Waals surface area contributed by atoms with Gasteiger partial charge >= 0.3 is 5.97 Å². The first-order valence-electron chi connectivity index (χ1n) is 8.23. The number of carboxylic acids is 1. The largest absolute Gasteiger partial charge is 0.490 e. The Balaban J connectivity index is 1.69. The highest BCUT2D eigenvalue weighted by Crippen LogP contribution is 2.30. The maximum absolute atomic E-state index is 11.1.